The molecule has 0 atom stereocenters. The molecule has 1 heterocycles. The fraction of sp³-hybridized carbons (Fsp3) is 0.619. The standard InChI is InChI=1S/C21H31F2N3O4/c1-4-24-21(26-12-9-16(10-13-26)19(27)29-5-2)25-11-8-15-6-7-17(28-3)18(14-15)30-20(22)23/h6-7,14,16,20H,4-5,8-13H2,1-3H3,(H,24,25). The summed E-state index contributed by atoms with van der Waals surface area (Å²) in [6.07, 6.45) is 2.03. The van der Waals surface area contributed by atoms with Gasteiger partial charge in [0.05, 0.1) is 19.6 Å². The minimum atomic E-state index is -2.91. The Bertz CT molecular complexity index is 707. The lowest BCUT2D eigenvalue weighted by atomic mass is 9.97. The van der Waals surface area contributed by atoms with Crippen LogP contribution in [0.1, 0.15) is 32.3 Å². The van der Waals surface area contributed by atoms with Crippen LogP contribution >= 0.6 is 0 Å². The summed E-state index contributed by atoms with van der Waals surface area (Å²) in [5.74, 6) is 0.886. The van der Waals surface area contributed by atoms with Gasteiger partial charge in [0.2, 0.25) is 0 Å². The van der Waals surface area contributed by atoms with Crippen LogP contribution in [0, 0.1) is 5.92 Å². The molecule has 168 valence electrons. The largest absolute Gasteiger partial charge is 0.493 e. The first kappa shape index (κ1) is 23.7. The lowest BCUT2D eigenvalue weighted by Gasteiger charge is -2.33. The van der Waals surface area contributed by atoms with Crippen LogP contribution in [-0.2, 0) is 16.0 Å². The Kier molecular flexibility index (Phi) is 9.63. The zero-order valence-electron chi connectivity index (χ0n) is 17.8. The summed E-state index contributed by atoms with van der Waals surface area (Å²) in [6.45, 7) is 3.97. The summed E-state index contributed by atoms with van der Waals surface area (Å²) in [4.78, 5) is 18.7. The lowest BCUT2D eigenvalue weighted by molar-refractivity contribution is -0.149. The molecule has 0 spiro atoms. The molecular weight excluding hydrogens is 396 g/mol. The van der Waals surface area contributed by atoms with Gasteiger partial charge in [-0.2, -0.15) is 8.78 Å². The van der Waals surface area contributed by atoms with Crippen LogP contribution in [-0.4, -0.2) is 63.3 Å². The number of halogens is 2. The number of esters is 1. The number of guanidine groups is 1. The van der Waals surface area contributed by atoms with Crippen molar-refractivity contribution in [3.05, 3.63) is 23.8 Å². The van der Waals surface area contributed by atoms with Gasteiger partial charge in [-0.1, -0.05) is 6.07 Å². The Morgan fingerprint density at radius 3 is 2.60 bits per heavy atom. The van der Waals surface area contributed by atoms with E-state index in [1.165, 1.54) is 7.11 Å². The summed E-state index contributed by atoms with van der Waals surface area (Å²) in [6, 6.07) is 4.98. The lowest BCUT2D eigenvalue weighted by Crippen LogP contribution is -2.46. The van der Waals surface area contributed by atoms with Crippen molar-refractivity contribution in [1.82, 2.24) is 10.2 Å². The van der Waals surface area contributed by atoms with Crippen molar-refractivity contribution in [1.29, 1.82) is 0 Å². The molecule has 1 N–H and O–H groups in total. The van der Waals surface area contributed by atoms with Gasteiger partial charge in [0, 0.05) is 26.2 Å². The smallest absolute Gasteiger partial charge is 0.387 e. The van der Waals surface area contributed by atoms with E-state index in [1.807, 2.05) is 19.9 Å². The molecule has 0 aliphatic carbocycles. The molecule has 0 aromatic heterocycles. The number of benzene rings is 1. The summed E-state index contributed by atoms with van der Waals surface area (Å²) >= 11 is 0. The SMILES string of the molecule is CCNC(=NCCc1ccc(OC)c(OC(F)F)c1)N1CCC(C(=O)OCC)CC1. The highest BCUT2D eigenvalue weighted by Crippen LogP contribution is 2.29. The number of nitrogens with zero attached hydrogens (tertiary/aromatic N) is 2. The summed E-state index contributed by atoms with van der Waals surface area (Å²) < 4.78 is 39.9. The highest BCUT2D eigenvalue weighted by Gasteiger charge is 2.27. The van der Waals surface area contributed by atoms with Crippen molar-refractivity contribution in [2.75, 3.05) is 39.9 Å². The van der Waals surface area contributed by atoms with E-state index in [2.05, 4.69) is 19.9 Å². The fourth-order valence-corrected chi connectivity index (χ4v) is 3.37. The van der Waals surface area contributed by atoms with Gasteiger partial charge < -0.3 is 24.4 Å². The number of aliphatic imine (C=N–C) groups is 1. The maximum Gasteiger partial charge on any atom is 0.387 e. The first-order chi connectivity index (χ1) is 14.5. The van der Waals surface area contributed by atoms with Crippen molar-refractivity contribution in [3.8, 4) is 11.5 Å². The number of alkyl halides is 2. The Morgan fingerprint density at radius 1 is 1.27 bits per heavy atom. The first-order valence-electron chi connectivity index (χ1n) is 10.3. The van der Waals surface area contributed by atoms with Crippen LogP contribution < -0.4 is 14.8 Å². The Hall–Kier alpha value is -2.58. The highest BCUT2D eigenvalue weighted by atomic mass is 19.3. The van der Waals surface area contributed by atoms with E-state index in [1.54, 1.807) is 12.1 Å². The molecule has 1 fully saturated rings. The third-order valence-electron chi connectivity index (χ3n) is 4.86. The molecule has 0 bridgehead atoms. The average Bonchev–Trinajstić information content (AvgIpc) is 2.73. The fourth-order valence-electron chi connectivity index (χ4n) is 3.37. The number of carbonyl (C=O) groups excluding carboxylic acids is 1. The number of rotatable bonds is 9. The second-order valence-corrected chi connectivity index (χ2v) is 6.86. The monoisotopic (exact) mass is 427 g/mol. The number of carbonyl (C=O) groups is 1. The molecule has 0 radical (unpaired) electrons. The van der Waals surface area contributed by atoms with Crippen molar-refractivity contribution >= 4 is 11.9 Å². The van der Waals surface area contributed by atoms with E-state index < -0.39 is 6.61 Å². The molecule has 30 heavy (non-hydrogen) atoms. The number of ether oxygens (including phenoxy) is 3. The summed E-state index contributed by atoms with van der Waals surface area (Å²) in [5.41, 5.74) is 0.826. The second kappa shape index (κ2) is 12.2. The number of methoxy groups -OCH3 is 1. The predicted molar refractivity (Wildman–Crippen MR) is 110 cm³/mol. The van der Waals surface area contributed by atoms with E-state index in [-0.39, 0.29) is 23.4 Å². The highest BCUT2D eigenvalue weighted by molar-refractivity contribution is 5.80. The van der Waals surface area contributed by atoms with E-state index in [4.69, 9.17) is 9.47 Å². The van der Waals surface area contributed by atoms with Gasteiger partial charge in [0.15, 0.2) is 17.5 Å². The van der Waals surface area contributed by atoms with Gasteiger partial charge in [-0.3, -0.25) is 9.79 Å². The molecule has 0 amide bonds. The molecule has 2 rings (SSSR count). The zero-order chi connectivity index (χ0) is 21.9. The molecule has 1 saturated heterocycles. The number of nitrogens with one attached hydrogen (secondary N) is 1. The third-order valence-corrected chi connectivity index (χ3v) is 4.86. The molecule has 7 nitrogen and oxygen atoms in total. The van der Waals surface area contributed by atoms with Crippen LogP contribution in [0.4, 0.5) is 8.78 Å². The molecule has 1 aromatic carbocycles. The van der Waals surface area contributed by atoms with Crippen LogP contribution in [0.15, 0.2) is 23.2 Å². The van der Waals surface area contributed by atoms with Gasteiger partial charge in [-0.25, -0.2) is 0 Å². The topological polar surface area (TPSA) is 72.4 Å². The predicted octanol–water partition coefficient (Wildman–Crippen LogP) is 3.08. The minimum Gasteiger partial charge on any atom is -0.493 e. The van der Waals surface area contributed by atoms with Gasteiger partial charge in [0.1, 0.15) is 0 Å². The molecule has 1 aliphatic heterocycles. The van der Waals surface area contributed by atoms with Crippen LogP contribution in [0.3, 0.4) is 0 Å². The average molecular weight is 427 g/mol. The van der Waals surface area contributed by atoms with Gasteiger partial charge >= 0.3 is 12.6 Å². The van der Waals surface area contributed by atoms with Crippen LogP contribution in [0.25, 0.3) is 0 Å². The van der Waals surface area contributed by atoms with Crippen molar-refractivity contribution in [3.63, 3.8) is 0 Å². The second-order valence-electron chi connectivity index (χ2n) is 6.86. The Balaban J connectivity index is 1.96. The van der Waals surface area contributed by atoms with E-state index >= 15 is 0 Å². The quantitative estimate of drug-likeness (QED) is 0.371. The van der Waals surface area contributed by atoms with Crippen molar-refractivity contribution in [2.24, 2.45) is 10.9 Å². The number of piperidine rings is 1. The Morgan fingerprint density at radius 2 is 2.00 bits per heavy atom. The van der Waals surface area contributed by atoms with Crippen molar-refractivity contribution < 1.29 is 27.8 Å². The molecule has 9 heteroatoms. The molecule has 1 aliphatic rings. The summed E-state index contributed by atoms with van der Waals surface area (Å²) in [7, 11) is 1.41. The Labute approximate surface area is 176 Å². The van der Waals surface area contributed by atoms with Gasteiger partial charge in [-0.05, 0) is 50.8 Å². The molecule has 1 aromatic rings. The molecular formula is C21H31F2N3O4. The summed E-state index contributed by atoms with van der Waals surface area (Å²) in [5, 5.41) is 3.28. The van der Waals surface area contributed by atoms with E-state index in [0.29, 0.717) is 19.6 Å². The minimum absolute atomic E-state index is 0.0157. The van der Waals surface area contributed by atoms with Gasteiger partial charge in [-0.15, -0.1) is 0 Å². The maximum atomic E-state index is 12.6. The number of hydrogen-bond donors (Lipinski definition) is 1. The molecule has 0 saturated carbocycles. The zero-order valence-corrected chi connectivity index (χ0v) is 17.8. The number of hydrogen-bond acceptors (Lipinski definition) is 5. The van der Waals surface area contributed by atoms with Crippen LogP contribution in [0.5, 0.6) is 11.5 Å². The first-order valence-corrected chi connectivity index (χ1v) is 10.3. The normalized spacial score (nSPS) is 15.3. The maximum absolute atomic E-state index is 12.6. The third kappa shape index (κ3) is 7.03. The van der Waals surface area contributed by atoms with E-state index in [9.17, 15) is 13.6 Å². The molecule has 0 unspecified atom stereocenters. The van der Waals surface area contributed by atoms with Crippen molar-refractivity contribution in [2.45, 2.75) is 39.7 Å². The van der Waals surface area contributed by atoms with Gasteiger partial charge in [0.25, 0.3) is 0 Å². The number of likely N-dealkylation sites (tertiary alicyclic amines) is 1. The van der Waals surface area contributed by atoms with E-state index in [0.717, 1.165) is 44.0 Å². The van der Waals surface area contributed by atoms with Crippen LogP contribution in [0.2, 0.25) is 0 Å².